The largest absolute Gasteiger partial charge is 0.294 e. The molecule has 0 amide bonds. The summed E-state index contributed by atoms with van der Waals surface area (Å²) in [6.07, 6.45) is 1.44. The highest BCUT2D eigenvalue weighted by Gasteiger charge is 2.21. The van der Waals surface area contributed by atoms with Crippen molar-refractivity contribution in [3.63, 3.8) is 0 Å². The van der Waals surface area contributed by atoms with E-state index in [9.17, 15) is 4.79 Å². The maximum atomic E-state index is 11.3. The molecular formula is C10H9ClO. The topological polar surface area (TPSA) is 17.1 Å². The predicted molar refractivity (Wildman–Crippen MR) is 48.8 cm³/mol. The van der Waals surface area contributed by atoms with Crippen LogP contribution in [-0.4, -0.2) is 5.78 Å². The Kier molecular flexibility index (Phi) is 1.69. The van der Waals surface area contributed by atoms with Crippen LogP contribution in [0.3, 0.4) is 0 Å². The summed E-state index contributed by atoms with van der Waals surface area (Å²) < 4.78 is 0. The minimum atomic E-state index is 0.232. The number of rotatable bonds is 0. The third-order valence-corrected chi connectivity index (χ3v) is 2.58. The van der Waals surface area contributed by atoms with Gasteiger partial charge in [-0.15, -0.1) is 0 Å². The van der Waals surface area contributed by atoms with Gasteiger partial charge in [-0.3, -0.25) is 4.79 Å². The van der Waals surface area contributed by atoms with Gasteiger partial charge in [0, 0.05) is 17.0 Å². The van der Waals surface area contributed by atoms with Crippen molar-refractivity contribution in [2.24, 2.45) is 0 Å². The molecule has 1 aliphatic carbocycles. The van der Waals surface area contributed by atoms with Gasteiger partial charge in [0.15, 0.2) is 5.78 Å². The molecule has 0 atom stereocenters. The summed E-state index contributed by atoms with van der Waals surface area (Å²) in [7, 11) is 0. The molecule has 0 saturated carbocycles. The minimum Gasteiger partial charge on any atom is -0.294 e. The van der Waals surface area contributed by atoms with Crippen LogP contribution in [0.25, 0.3) is 0 Å². The van der Waals surface area contributed by atoms with Gasteiger partial charge in [0.2, 0.25) is 0 Å². The van der Waals surface area contributed by atoms with E-state index in [0.717, 1.165) is 28.1 Å². The molecule has 1 aliphatic rings. The summed E-state index contributed by atoms with van der Waals surface area (Å²) >= 11 is 5.99. The fourth-order valence-corrected chi connectivity index (χ4v) is 2.02. The van der Waals surface area contributed by atoms with Gasteiger partial charge in [-0.2, -0.15) is 0 Å². The highest BCUT2D eigenvalue weighted by molar-refractivity contribution is 6.32. The fraction of sp³-hybridized carbons (Fsp3) is 0.300. The Balaban J connectivity index is 2.68. The lowest BCUT2D eigenvalue weighted by atomic mass is 10.1. The first-order valence-electron chi connectivity index (χ1n) is 4.00. The number of hydrogen-bond donors (Lipinski definition) is 0. The number of Topliss-reactive ketones (excluding diaryl/α,β-unsaturated/α-hetero) is 1. The molecule has 0 unspecified atom stereocenters. The molecule has 0 spiro atoms. The first-order valence-corrected chi connectivity index (χ1v) is 4.38. The molecule has 0 saturated heterocycles. The van der Waals surface area contributed by atoms with E-state index in [4.69, 9.17) is 11.6 Å². The van der Waals surface area contributed by atoms with Crippen molar-refractivity contribution in [3.8, 4) is 0 Å². The number of carbonyl (C=O) groups is 1. The van der Waals surface area contributed by atoms with E-state index in [1.54, 1.807) is 0 Å². The van der Waals surface area contributed by atoms with Crippen molar-refractivity contribution < 1.29 is 4.79 Å². The number of ketones is 1. The first kappa shape index (κ1) is 7.81. The molecule has 1 aromatic carbocycles. The molecule has 1 nitrogen and oxygen atoms in total. The second-order valence-electron chi connectivity index (χ2n) is 3.20. The Bertz CT molecular complexity index is 355. The summed E-state index contributed by atoms with van der Waals surface area (Å²) in [5.41, 5.74) is 2.93. The zero-order valence-corrected chi connectivity index (χ0v) is 7.61. The molecular weight excluding hydrogens is 172 g/mol. The quantitative estimate of drug-likeness (QED) is 0.600. The molecule has 1 aromatic rings. The Labute approximate surface area is 76.4 Å². The Hall–Kier alpha value is -0.820. The van der Waals surface area contributed by atoms with Gasteiger partial charge in [0.25, 0.3) is 0 Å². The Morgan fingerprint density at radius 3 is 2.83 bits per heavy atom. The van der Waals surface area contributed by atoms with E-state index >= 15 is 0 Å². The van der Waals surface area contributed by atoms with Crippen molar-refractivity contribution in [2.75, 3.05) is 0 Å². The van der Waals surface area contributed by atoms with Gasteiger partial charge in [-0.25, -0.2) is 0 Å². The Morgan fingerprint density at radius 2 is 2.08 bits per heavy atom. The van der Waals surface area contributed by atoms with Crippen molar-refractivity contribution in [1.29, 1.82) is 0 Å². The van der Waals surface area contributed by atoms with E-state index in [1.807, 2.05) is 19.1 Å². The van der Waals surface area contributed by atoms with Crippen LogP contribution in [0, 0.1) is 6.92 Å². The number of carbonyl (C=O) groups excluding carboxylic acids is 1. The van der Waals surface area contributed by atoms with Gasteiger partial charge < -0.3 is 0 Å². The van der Waals surface area contributed by atoms with Gasteiger partial charge in [0.1, 0.15) is 0 Å². The van der Waals surface area contributed by atoms with Crippen molar-refractivity contribution in [3.05, 3.63) is 33.8 Å². The first-order chi connectivity index (χ1) is 5.68. The molecule has 0 bridgehead atoms. The van der Waals surface area contributed by atoms with E-state index in [2.05, 4.69) is 0 Å². The lowest BCUT2D eigenvalue weighted by Crippen LogP contribution is -1.92. The van der Waals surface area contributed by atoms with Gasteiger partial charge in [-0.1, -0.05) is 11.6 Å². The summed E-state index contributed by atoms with van der Waals surface area (Å²) in [6, 6.07) is 3.84. The van der Waals surface area contributed by atoms with Crippen LogP contribution in [0.2, 0.25) is 5.02 Å². The third-order valence-electron chi connectivity index (χ3n) is 2.24. The van der Waals surface area contributed by atoms with Gasteiger partial charge in [-0.05, 0) is 36.6 Å². The summed E-state index contributed by atoms with van der Waals surface area (Å²) in [5.74, 6) is 0.232. The fourth-order valence-electron chi connectivity index (χ4n) is 1.65. The zero-order valence-electron chi connectivity index (χ0n) is 6.86. The van der Waals surface area contributed by atoms with Crippen LogP contribution in [0.4, 0.5) is 0 Å². The molecule has 0 N–H and O–H groups in total. The molecule has 0 radical (unpaired) electrons. The van der Waals surface area contributed by atoms with E-state index < -0.39 is 0 Å². The van der Waals surface area contributed by atoms with Crippen molar-refractivity contribution in [1.82, 2.24) is 0 Å². The normalized spacial score (nSPS) is 15.0. The smallest absolute Gasteiger partial charge is 0.163 e. The van der Waals surface area contributed by atoms with Crippen molar-refractivity contribution >= 4 is 17.4 Å². The van der Waals surface area contributed by atoms with E-state index in [-0.39, 0.29) is 5.78 Å². The van der Waals surface area contributed by atoms with Crippen molar-refractivity contribution in [2.45, 2.75) is 19.8 Å². The monoisotopic (exact) mass is 180 g/mol. The second kappa shape index (κ2) is 2.60. The number of benzene rings is 1. The molecule has 0 fully saturated rings. The number of halogens is 1. The predicted octanol–water partition coefficient (Wildman–Crippen LogP) is 2.78. The maximum absolute atomic E-state index is 11.3. The van der Waals surface area contributed by atoms with Gasteiger partial charge >= 0.3 is 0 Å². The Morgan fingerprint density at radius 1 is 1.33 bits per heavy atom. The average Bonchev–Trinajstić information content (AvgIpc) is 2.33. The van der Waals surface area contributed by atoms with E-state index in [1.165, 1.54) is 0 Å². The number of hydrogen-bond acceptors (Lipinski definition) is 1. The summed E-state index contributed by atoms with van der Waals surface area (Å²) in [4.78, 5) is 11.3. The molecule has 62 valence electrons. The molecule has 12 heavy (non-hydrogen) atoms. The van der Waals surface area contributed by atoms with Crippen LogP contribution in [0.15, 0.2) is 12.1 Å². The lowest BCUT2D eigenvalue weighted by Gasteiger charge is -2.01. The van der Waals surface area contributed by atoms with E-state index in [0.29, 0.717) is 6.42 Å². The molecule has 0 heterocycles. The van der Waals surface area contributed by atoms with Crippen LogP contribution >= 0.6 is 11.6 Å². The third kappa shape index (κ3) is 1.05. The van der Waals surface area contributed by atoms with Crippen LogP contribution in [0.5, 0.6) is 0 Å². The minimum absolute atomic E-state index is 0.232. The summed E-state index contributed by atoms with van der Waals surface area (Å²) in [5, 5.41) is 0.746. The molecule has 2 rings (SSSR count). The van der Waals surface area contributed by atoms with Gasteiger partial charge in [0.05, 0.1) is 0 Å². The lowest BCUT2D eigenvalue weighted by molar-refractivity contribution is 0.0994. The SMILES string of the molecule is Cc1cc(Cl)c2c(c1)C(=O)CC2. The zero-order chi connectivity index (χ0) is 8.72. The molecule has 2 heteroatoms. The molecule has 0 aliphatic heterocycles. The second-order valence-corrected chi connectivity index (χ2v) is 3.60. The highest BCUT2D eigenvalue weighted by atomic mass is 35.5. The highest BCUT2D eigenvalue weighted by Crippen LogP contribution is 2.29. The van der Waals surface area contributed by atoms with Crippen LogP contribution in [-0.2, 0) is 6.42 Å². The standard InChI is InChI=1S/C10H9ClO/c1-6-4-8-7(9(11)5-6)2-3-10(8)12/h4-5H,2-3H2,1H3. The summed E-state index contributed by atoms with van der Waals surface area (Å²) in [6.45, 7) is 1.96. The van der Waals surface area contributed by atoms with Crippen LogP contribution < -0.4 is 0 Å². The number of fused-ring (bicyclic) bond motifs is 1. The maximum Gasteiger partial charge on any atom is 0.163 e. The number of aryl methyl sites for hydroxylation is 1. The van der Waals surface area contributed by atoms with Crippen LogP contribution in [0.1, 0.15) is 27.9 Å². The molecule has 0 aromatic heterocycles. The average molecular weight is 181 g/mol.